The van der Waals surface area contributed by atoms with Gasteiger partial charge in [0.25, 0.3) is 11.8 Å². The first-order valence-electron chi connectivity index (χ1n) is 13.8. The van der Waals surface area contributed by atoms with Gasteiger partial charge in [0.2, 0.25) is 0 Å². The summed E-state index contributed by atoms with van der Waals surface area (Å²) in [6.45, 7) is 5.77. The maximum atomic E-state index is 12.9. The van der Waals surface area contributed by atoms with Crippen LogP contribution in [-0.2, 0) is 4.79 Å². The van der Waals surface area contributed by atoms with Crippen LogP contribution in [0.5, 0.6) is 11.5 Å². The Kier molecular flexibility index (Phi) is 7.87. The molecule has 2 aromatic carbocycles. The standard InChI is InChI=1S/C31H34N6O3/c1-20(2)18-23(19-32)31(39)36-16-13-21(14-17-36)26-12-15-34-37-28(29(33)38)27(35-30(26)37)22-8-10-25(11-9-22)40-24-6-4-3-5-7-24/h3-11,18,20-21,26,34H,12-17H2,1-2H3,(H2,33,38). The van der Waals surface area contributed by atoms with Crippen LogP contribution in [0.1, 0.15) is 55.3 Å². The number of benzene rings is 2. The van der Waals surface area contributed by atoms with Crippen molar-refractivity contribution in [1.29, 1.82) is 5.26 Å². The van der Waals surface area contributed by atoms with Gasteiger partial charge in [-0.2, -0.15) is 5.26 Å². The fourth-order valence-corrected chi connectivity index (χ4v) is 5.65. The molecule has 1 saturated heterocycles. The SMILES string of the molecule is CC(C)C=C(C#N)C(=O)N1CCC(C2CCNn3c2nc(-c2ccc(Oc4ccccc4)cc2)c3C(N)=O)CC1. The molecule has 3 N–H and O–H groups in total. The van der Waals surface area contributed by atoms with Gasteiger partial charge in [-0.1, -0.05) is 38.1 Å². The minimum absolute atomic E-state index is 0.118. The second-order valence-electron chi connectivity index (χ2n) is 10.7. The van der Waals surface area contributed by atoms with Crippen LogP contribution in [0.4, 0.5) is 0 Å². The Morgan fingerprint density at radius 3 is 2.38 bits per heavy atom. The number of hydrogen-bond donors (Lipinski definition) is 2. The van der Waals surface area contributed by atoms with Crippen molar-refractivity contribution in [2.75, 3.05) is 25.1 Å². The molecule has 3 heterocycles. The molecule has 1 aromatic heterocycles. The predicted molar refractivity (Wildman–Crippen MR) is 152 cm³/mol. The number of fused-ring (bicyclic) bond motifs is 1. The van der Waals surface area contributed by atoms with E-state index >= 15 is 0 Å². The Balaban J connectivity index is 1.36. The lowest BCUT2D eigenvalue weighted by atomic mass is 9.81. The highest BCUT2D eigenvalue weighted by Crippen LogP contribution is 2.39. The molecular formula is C31H34N6O3. The molecule has 9 nitrogen and oxygen atoms in total. The number of likely N-dealkylation sites (tertiary alicyclic amines) is 1. The van der Waals surface area contributed by atoms with E-state index in [1.165, 1.54) is 0 Å². The van der Waals surface area contributed by atoms with Crippen LogP contribution in [0.2, 0.25) is 0 Å². The number of piperidine rings is 1. The molecule has 0 saturated carbocycles. The molecule has 0 aliphatic carbocycles. The van der Waals surface area contributed by atoms with Crippen LogP contribution < -0.4 is 15.9 Å². The highest BCUT2D eigenvalue weighted by atomic mass is 16.5. The number of ether oxygens (including phenoxy) is 1. The van der Waals surface area contributed by atoms with Gasteiger partial charge in [0.1, 0.15) is 34.7 Å². The average molecular weight is 539 g/mol. The molecule has 5 rings (SSSR count). The molecule has 0 spiro atoms. The maximum Gasteiger partial charge on any atom is 0.269 e. The van der Waals surface area contributed by atoms with Crippen molar-refractivity contribution in [3.8, 4) is 28.8 Å². The minimum Gasteiger partial charge on any atom is -0.457 e. The van der Waals surface area contributed by atoms with E-state index in [0.29, 0.717) is 42.7 Å². The van der Waals surface area contributed by atoms with Crippen LogP contribution >= 0.6 is 0 Å². The number of para-hydroxylation sites is 1. The Morgan fingerprint density at radius 1 is 1.07 bits per heavy atom. The smallest absolute Gasteiger partial charge is 0.269 e. The van der Waals surface area contributed by atoms with Gasteiger partial charge in [0.05, 0.1) is 0 Å². The summed E-state index contributed by atoms with van der Waals surface area (Å²) in [4.78, 5) is 32.3. The number of carbonyl (C=O) groups excluding carboxylic acids is 2. The molecule has 206 valence electrons. The van der Waals surface area contributed by atoms with E-state index in [4.69, 9.17) is 15.5 Å². The zero-order chi connectivity index (χ0) is 28.2. The third kappa shape index (κ3) is 5.57. The first kappa shape index (κ1) is 27.0. The fourth-order valence-electron chi connectivity index (χ4n) is 5.65. The van der Waals surface area contributed by atoms with Gasteiger partial charge < -0.3 is 20.8 Å². The summed E-state index contributed by atoms with van der Waals surface area (Å²) in [6, 6.07) is 19.1. The molecule has 2 aliphatic heterocycles. The highest BCUT2D eigenvalue weighted by Gasteiger charge is 2.37. The summed E-state index contributed by atoms with van der Waals surface area (Å²) >= 11 is 0. The Bertz CT molecular complexity index is 1440. The first-order valence-corrected chi connectivity index (χ1v) is 13.8. The van der Waals surface area contributed by atoms with Crippen LogP contribution in [0.15, 0.2) is 66.2 Å². The zero-order valence-electron chi connectivity index (χ0n) is 22.8. The van der Waals surface area contributed by atoms with Gasteiger partial charge in [-0.3, -0.25) is 9.59 Å². The lowest BCUT2D eigenvalue weighted by molar-refractivity contribution is -0.128. The number of hydrogen-bond acceptors (Lipinski definition) is 6. The Hall–Kier alpha value is -4.58. The number of nitrogens with one attached hydrogen (secondary N) is 1. The van der Waals surface area contributed by atoms with Gasteiger partial charge in [0.15, 0.2) is 5.69 Å². The molecule has 1 atom stereocenters. The summed E-state index contributed by atoms with van der Waals surface area (Å²) < 4.78 is 7.67. The van der Waals surface area contributed by atoms with Gasteiger partial charge in [0, 0.05) is 31.1 Å². The van der Waals surface area contributed by atoms with Crippen LogP contribution in [-0.4, -0.2) is 46.0 Å². The van der Waals surface area contributed by atoms with E-state index in [-0.39, 0.29) is 23.3 Å². The summed E-state index contributed by atoms with van der Waals surface area (Å²) in [6.07, 6.45) is 4.20. The highest BCUT2D eigenvalue weighted by molar-refractivity contribution is 5.98. The van der Waals surface area contributed by atoms with E-state index in [0.717, 1.165) is 36.4 Å². The van der Waals surface area contributed by atoms with Gasteiger partial charge in [-0.05, 0) is 67.5 Å². The molecule has 1 unspecified atom stereocenters. The number of nitriles is 1. The second kappa shape index (κ2) is 11.7. The number of nitrogens with zero attached hydrogens (tertiary/aromatic N) is 4. The van der Waals surface area contributed by atoms with Crippen molar-refractivity contribution in [3.63, 3.8) is 0 Å². The lowest BCUT2D eigenvalue weighted by Gasteiger charge is -2.37. The summed E-state index contributed by atoms with van der Waals surface area (Å²) in [5.74, 6) is 2.01. The number of rotatable bonds is 7. The van der Waals surface area contributed by atoms with Crippen molar-refractivity contribution in [2.45, 2.75) is 39.0 Å². The summed E-state index contributed by atoms with van der Waals surface area (Å²) in [5, 5.41) is 9.46. The van der Waals surface area contributed by atoms with E-state index in [1.54, 1.807) is 15.7 Å². The van der Waals surface area contributed by atoms with Crippen molar-refractivity contribution < 1.29 is 14.3 Å². The Labute approximate surface area is 234 Å². The molecule has 2 amide bonds. The van der Waals surface area contributed by atoms with E-state index < -0.39 is 5.91 Å². The van der Waals surface area contributed by atoms with Crippen molar-refractivity contribution in [2.24, 2.45) is 17.6 Å². The van der Waals surface area contributed by atoms with Gasteiger partial charge in [-0.15, -0.1) is 0 Å². The molecule has 40 heavy (non-hydrogen) atoms. The number of aromatic nitrogens is 2. The van der Waals surface area contributed by atoms with Crippen LogP contribution in [0, 0.1) is 23.2 Å². The van der Waals surface area contributed by atoms with E-state index in [2.05, 4.69) is 11.5 Å². The largest absolute Gasteiger partial charge is 0.457 e. The number of carbonyl (C=O) groups is 2. The van der Waals surface area contributed by atoms with Crippen molar-refractivity contribution in [1.82, 2.24) is 14.6 Å². The van der Waals surface area contributed by atoms with E-state index in [9.17, 15) is 14.9 Å². The van der Waals surface area contributed by atoms with Crippen molar-refractivity contribution >= 4 is 11.8 Å². The third-order valence-electron chi connectivity index (χ3n) is 7.55. The number of nitrogens with two attached hydrogens (primary N) is 1. The number of primary amides is 1. The van der Waals surface area contributed by atoms with E-state index in [1.807, 2.05) is 68.4 Å². The number of imidazole rings is 1. The van der Waals surface area contributed by atoms with Crippen LogP contribution in [0.25, 0.3) is 11.3 Å². The molecule has 0 bridgehead atoms. The maximum absolute atomic E-state index is 12.9. The number of amides is 2. The van der Waals surface area contributed by atoms with Crippen LogP contribution in [0.3, 0.4) is 0 Å². The fraction of sp³-hybridized carbons (Fsp3) is 0.355. The normalized spacial score (nSPS) is 17.6. The van der Waals surface area contributed by atoms with Crippen molar-refractivity contribution in [3.05, 3.63) is 77.8 Å². The van der Waals surface area contributed by atoms with Gasteiger partial charge in [-0.25, -0.2) is 9.66 Å². The molecule has 1 fully saturated rings. The average Bonchev–Trinajstić information content (AvgIpc) is 3.37. The predicted octanol–water partition coefficient (Wildman–Crippen LogP) is 4.82. The molecular weight excluding hydrogens is 504 g/mol. The lowest BCUT2D eigenvalue weighted by Crippen LogP contribution is -2.42. The first-order chi connectivity index (χ1) is 19.4. The Morgan fingerprint density at radius 2 is 1.75 bits per heavy atom. The monoisotopic (exact) mass is 538 g/mol. The molecule has 0 radical (unpaired) electrons. The summed E-state index contributed by atoms with van der Waals surface area (Å²) in [5.41, 5.74) is 11.0. The molecule has 9 heteroatoms. The minimum atomic E-state index is -0.548. The second-order valence-corrected chi connectivity index (χ2v) is 10.7. The topological polar surface area (TPSA) is 126 Å². The summed E-state index contributed by atoms with van der Waals surface area (Å²) in [7, 11) is 0. The number of allylic oxidation sites excluding steroid dienone is 1. The molecule has 2 aliphatic rings. The zero-order valence-corrected chi connectivity index (χ0v) is 22.8. The van der Waals surface area contributed by atoms with Gasteiger partial charge >= 0.3 is 0 Å². The quantitative estimate of drug-likeness (QED) is 0.328. The third-order valence-corrected chi connectivity index (χ3v) is 7.55. The molecule has 3 aromatic rings.